The summed E-state index contributed by atoms with van der Waals surface area (Å²) in [5.41, 5.74) is 0.223. The second-order valence-electron chi connectivity index (χ2n) is 6.01. The molecule has 1 fully saturated rings. The SMILES string of the molecule is CC(C)C(NC1CCCCC1(C)C)C(=O)O. The van der Waals surface area contributed by atoms with Gasteiger partial charge in [-0.05, 0) is 24.2 Å². The van der Waals surface area contributed by atoms with Gasteiger partial charge in [-0.2, -0.15) is 0 Å². The van der Waals surface area contributed by atoms with Crippen molar-refractivity contribution in [1.82, 2.24) is 5.32 Å². The molecule has 0 radical (unpaired) electrons. The fourth-order valence-electron chi connectivity index (χ4n) is 2.57. The molecule has 3 nitrogen and oxygen atoms in total. The van der Waals surface area contributed by atoms with Crippen LogP contribution in [-0.2, 0) is 4.79 Å². The average Bonchev–Trinajstić information content (AvgIpc) is 2.14. The fraction of sp³-hybridized carbons (Fsp3) is 0.923. The molecule has 1 aliphatic rings. The molecule has 0 aromatic carbocycles. The van der Waals surface area contributed by atoms with Gasteiger partial charge in [-0.25, -0.2) is 0 Å². The first kappa shape index (κ1) is 13.5. The Hall–Kier alpha value is -0.570. The van der Waals surface area contributed by atoms with Crippen molar-refractivity contribution in [2.75, 3.05) is 0 Å². The number of hydrogen-bond acceptors (Lipinski definition) is 2. The van der Waals surface area contributed by atoms with Crippen LogP contribution in [0.3, 0.4) is 0 Å². The summed E-state index contributed by atoms with van der Waals surface area (Å²) in [4.78, 5) is 11.2. The van der Waals surface area contributed by atoms with E-state index in [2.05, 4.69) is 19.2 Å². The molecular formula is C13H25NO2. The molecule has 1 aliphatic carbocycles. The zero-order chi connectivity index (χ0) is 12.3. The summed E-state index contributed by atoms with van der Waals surface area (Å²) in [5, 5.41) is 12.5. The van der Waals surface area contributed by atoms with E-state index >= 15 is 0 Å². The number of rotatable bonds is 4. The van der Waals surface area contributed by atoms with E-state index < -0.39 is 12.0 Å². The van der Waals surface area contributed by atoms with E-state index in [4.69, 9.17) is 0 Å². The maximum Gasteiger partial charge on any atom is 0.320 e. The number of nitrogens with one attached hydrogen (secondary N) is 1. The zero-order valence-electron chi connectivity index (χ0n) is 10.9. The molecule has 16 heavy (non-hydrogen) atoms. The highest BCUT2D eigenvalue weighted by Gasteiger charge is 2.35. The average molecular weight is 227 g/mol. The molecule has 3 heteroatoms. The minimum Gasteiger partial charge on any atom is -0.480 e. The second kappa shape index (κ2) is 5.17. The third-order valence-corrected chi connectivity index (χ3v) is 3.82. The monoisotopic (exact) mass is 227 g/mol. The standard InChI is InChI=1S/C13H25NO2/c1-9(2)11(12(15)16)14-10-7-5-6-8-13(10,3)4/h9-11,14H,5-8H2,1-4H3,(H,15,16). The van der Waals surface area contributed by atoms with Crippen molar-refractivity contribution >= 4 is 5.97 Å². The fourth-order valence-corrected chi connectivity index (χ4v) is 2.57. The Balaban J connectivity index is 2.66. The van der Waals surface area contributed by atoms with E-state index in [1.165, 1.54) is 19.3 Å². The number of carboxylic acid groups (broad SMARTS) is 1. The highest BCUT2D eigenvalue weighted by Crippen LogP contribution is 2.35. The summed E-state index contributed by atoms with van der Waals surface area (Å²) in [6.45, 7) is 8.40. The largest absolute Gasteiger partial charge is 0.480 e. The second-order valence-corrected chi connectivity index (χ2v) is 6.01. The van der Waals surface area contributed by atoms with Gasteiger partial charge in [-0.1, -0.05) is 40.5 Å². The highest BCUT2D eigenvalue weighted by atomic mass is 16.4. The van der Waals surface area contributed by atoms with Gasteiger partial charge in [0.25, 0.3) is 0 Å². The summed E-state index contributed by atoms with van der Waals surface area (Å²) >= 11 is 0. The van der Waals surface area contributed by atoms with Gasteiger partial charge in [0, 0.05) is 6.04 Å². The Morgan fingerprint density at radius 1 is 1.38 bits per heavy atom. The summed E-state index contributed by atoms with van der Waals surface area (Å²) in [6, 6.07) is -0.0767. The van der Waals surface area contributed by atoms with Crippen LogP contribution in [0.4, 0.5) is 0 Å². The predicted octanol–water partition coefficient (Wildman–Crippen LogP) is 2.65. The number of aliphatic carboxylic acids is 1. The Morgan fingerprint density at radius 3 is 2.44 bits per heavy atom. The number of carboxylic acids is 1. The molecule has 1 saturated carbocycles. The molecule has 0 spiro atoms. The van der Waals surface area contributed by atoms with Crippen molar-refractivity contribution < 1.29 is 9.90 Å². The van der Waals surface area contributed by atoms with Gasteiger partial charge < -0.3 is 10.4 Å². The minimum absolute atomic E-state index is 0.134. The summed E-state index contributed by atoms with van der Waals surface area (Å²) in [5.74, 6) is -0.591. The summed E-state index contributed by atoms with van der Waals surface area (Å²) < 4.78 is 0. The maximum absolute atomic E-state index is 11.2. The van der Waals surface area contributed by atoms with Crippen LogP contribution in [-0.4, -0.2) is 23.2 Å². The van der Waals surface area contributed by atoms with Crippen molar-refractivity contribution in [3.8, 4) is 0 Å². The van der Waals surface area contributed by atoms with Crippen LogP contribution in [0.2, 0.25) is 0 Å². The molecule has 1 rings (SSSR count). The van der Waals surface area contributed by atoms with Crippen LogP contribution in [0.5, 0.6) is 0 Å². The molecular weight excluding hydrogens is 202 g/mol. The van der Waals surface area contributed by atoms with E-state index in [-0.39, 0.29) is 11.3 Å². The van der Waals surface area contributed by atoms with Crippen LogP contribution in [0.1, 0.15) is 53.4 Å². The highest BCUT2D eigenvalue weighted by molar-refractivity contribution is 5.73. The van der Waals surface area contributed by atoms with Crippen LogP contribution in [0.25, 0.3) is 0 Å². The first-order valence-electron chi connectivity index (χ1n) is 6.33. The van der Waals surface area contributed by atoms with Crippen molar-refractivity contribution in [2.45, 2.75) is 65.5 Å². The van der Waals surface area contributed by atoms with E-state index in [1.807, 2.05) is 13.8 Å². The van der Waals surface area contributed by atoms with Gasteiger partial charge in [0.2, 0.25) is 0 Å². The Kier molecular flexibility index (Phi) is 4.36. The zero-order valence-corrected chi connectivity index (χ0v) is 10.9. The smallest absolute Gasteiger partial charge is 0.320 e. The number of carbonyl (C=O) groups is 1. The van der Waals surface area contributed by atoms with Gasteiger partial charge in [-0.15, -0.1) is 0 Å². The quantitative estimate of drug-likeness (QED) is 0.776. The Labute approximate surface area is 98.6 Å². The van der Waals surface area contributed by atoms with Crippen molar-refractivity contribution in [3.05, 3.63) is 0 Å². The Bertz CT molecular complexity index is 248. The molecule has 0 aromatic rings. The molecule has 2 atom stereocenters. The lowest BCUT2D eigenvalue weighted by atomic mass is 9.73. The molecule has 2 unspecified atom stereocenters. The minimum atomic E-state index is -0.726. The molecule has 0 heterocycles. The normalized spacial score (nSPS) is 26.7. The van der Waals surface area contributed by atoms with Gasteiger partial charge in [0.05, 0.1) is 0 Å². The van der Waals surface area contributed by atoms with E-state index in [0.29, 0.717) is 6.04 Å². The third kappa shape index (κ3) is 3.21. The topological polar surface area (TPSA) is 49.3 Å². The van der Waals surface area contributed by atoms with Gasteiger partial charge in [-0.3, -0.25) is 4.79 Å². The van der Waals surface area contributed by atoms with E-state index in [1.54, 1.807) is 0 Å². The first-order valence-corrected chi connectivity index (χ1v) is 6.33. The molecule has 0 bridgehead atoms. The lowest BCUT2D eigenvalue weighted by Crippen LogP contribution is -2.53. The molecule has 94 valence electrons. The van der Waals surface area contributed by atoms with E-state index in [9.17, 15) is 9.90 Å². The third-order valence-electron chi connectivity index (χ3n) is 3.82. The van der Waals surface area contributed by atoms with Crippen molar-refractivity contribution in [3.63, 3.8) is 0 Å². The summed E-state index contributed by atoms with van der Waals surface area (Å²) in [7, 11) is 0. The number of hydrogen-bond donors (Lipinski definition) is 2. The van der Waals surface area contributed by atoms with Crippen LogP contribution in [0, 0.1) is 11.3 Å². The van der Waals surface area contributed by atoms with Gasteiger partial charge in [0.15, 0.2) is 0 Å². The molecule has 0 aromatic heterocycles. The lowest BCUT2D eigenvalue weighted by Gasteiger charge is -2.41. The molecule has 2 N–H and O–H groups in total. The van der Waals surface area contributed by atoms with Crippen LogP contribution < -0.4 is 5.32 Å². The molecule has 0 saturated heterocycles. The predicted molar refractivity (Wildman–Crippen MR) is 65.4 cm³/mol. The van der Waals surface area contributed by atoms with Crippen molar-refractivity contribution in [2.24, 2.45) is 11.3 Å². The van der Waals surface area contributed by atoms with Gasteiger partial charge in [0.1, 0.15) is 6.04 Å². The Morgan fingerprint density at radius 2 is 2.00 bits per heavy atom. The lowest BCUT2D eigenvalue weighted by molar-refractivity contribution is -0.141. The van der Waals surface area contributed by atoms with Gasteiger partial charge >= 0.3 is 5.97 Å². The molecule has 0 aliphatic heterocycles. The van der Waals surface area contributed by atoms with Crippen LogP contribution in [0.15, 0.2) is 0 Å². The first-order chi connectivity index (χ1) is 7.34. The maximum atomic E-state index is 11.2. The van der Waals surface area contributed by atoms with Crippen LogP contribution >= 0.6 is 0 Å². The van der Waals surface area contributed by atoms with Crippen molar-refractivity contribution in [1.29, 1.82) is 0 Å². The molecule has 0 amide bonds. The summed E-state index contributed by atoms with van der Waals surface area (Å²) in [6.07, 6.45) is 4.77. The van der Waals surface area contributed by atoms with E-state index in [0.717, 1.165) is 6.42 Å².